The predicted octanol–water partition coefficient (Wildman–Crippen LogP) is -0.835. The zero-order valence-corrected chi connectivity index (χ0v) is 23.6. The van der Waals surface area contributed by atoms with Crippen molar-refractivity contribution < 1.29 is 83.6 Å². The van der Waals surface area contributed by atoms with Gasteiger partial charge in [0, 0.05) is 12.1 Å². The van der Waals surface area contributed by atoms with Crippen LogP contribution in [0.4, 0.5) is 0 Å². The average molecular weight is 652 g/mol. The minimum absolute atomic E-state index is 0.00948. The van der Waals surface area contributed by atoms with Crippen molar-refractivity contribution in [3.05, 3.63) is 42.5 Å². The third-order valence-corrected chi connectivity index (χ3v) is 7.28. The van der Waals surface area contributed by atoms with Crippen molar-refractivity contribution in [3.8, 4) is 34.3 Å². The molecule has 0 spiro atoms. The second-order valence-electron chi connectivity index (χ2n) is 10.6. The smallest absolute Gasteiger partial charge is 0.402 e. The Labute approximate surface area is 258 Å². The number of hydrogen-bond acceptors (Lipinski definition) is 15. The quantitative estimate of drug-likeness (QED) is 0.0775. The third-order valence-electron chi connectivity index (χ3n) is 7.28. The van der Waals surface area contributed by atoms with Crippen LogP contribution in [0, 0.1) is 0 Å². The first-order valence-corrected chi connectivity index (χ1v) is 13.8. The SMILES string of the molecule is O=C(O)CC(=O)OC[C@H]1O[C@@H](Oc2cc3c(O)cc(O)cc3[o+]c2-c2ccc(O)cc2)[C@H](O[C@@H]2OC[C@@H](O)[C@H](O)[C@H]2O)[C@@H](O)[C@H]1O. The first-order valence-electron chi connectivity index (χ1n) is 13.8. The summed E-state index contributed by atoms with van der Waals surface area (Å²) in [5.74, 6) is -3.67. The van der Waals surface area contributed by atoms with E-state index in [0.29, 0.717) is 5.56 Å². The number of esters is 1. The van der Waals surface area contributed by atoms with E-state index in [2.05, 4.69) is 0 Å². The van der Waals surface area contributed by atoms with Crippen LogP contribution < -0.4 is 4.74 Å². The number of carboxylic acids is 1. The molecule has 3 aromatic rings. The highest BCUT2D eigenvalue weighted by Crippen LogP contribution is 2.41. The molecule has 1 aromatic heterocycles. The summed E-state index contributed by atoms with van der Waals surface area (Å²) in [6, 6.07) is 9.13. The number of rotatable bonds is 9. The highest BCUT2D eigenvalue weighted by Gasteiger charge is 2.51. The van der Waals surface area contributed by atoms with Crippen molar-refractivity contribution in [2.24, 2.45) is 0 Å². The number of carboxylic acid groups (broad SMARTS) is 1. The molecule has 2 saturated heterocycles. The molecule has 17 nitrogen and oxygen atoms in total. The Morgan fingerprint density at radius 1 is 0.870 bits per heavy atom. The van der Waals surface area contributed by atoms with Gasteiger partial charge in [-0.25, -0.2) is 4.42 Å². The largest absolute Gasteiger partial charge is 0.508 e. The van der Waals surface area contributed by atoms with Crippen LogP contribution in [0.15, 0.2) is 46.9 Å². The molecule has 46 heavy (non-hydrogen) atoms. The summed E-state index contributed by atoms with van der Waals surface area (Å²) < 4.78 is 33.7. The topological polar surface area (TPSA) is 274 Å². The fourth-order valence-corrected chi connectivity index (χ4v) is 4.90. The van der Waals surface area contributed by atoms with Crippen LogP contribution >= 0.6 is 0 Å². The number of carbonyl (C=O) groups is 2. The number of phenols is 3. The fourth-order valence-electron chi connectivity index (χ4n) is 4.90. The summed E-state index contributed by atoms with van der Waals surface area (Å²) in [4.78, 5) is 22.7. The number of benzene rings is 2. The minimum atomic E-state index is -1.92. The molecule has 0 unspecified atom stereocenters. The zero-order chi connectivity index (χ0) is 33.3. The molecule has 2 aromatic carbocycles. The van der Waals surface area contributed by atoms with Crippen LogP contribution in [-0.4, -0.2) is 126 Å². The van der Waals surface area contributed by atoms with Gasteiger partial charge in [-0.3, -0.25) is 9.59 Å². The first kappa shape index (κ1) is 33.0. The van der Waals surface area contributed by atoms with E-state index < -0.39 is 92.6 Å². The van der Waals surface area contributed by atoms with E-state index in [-0.39, 0.29) is 34.0 Å². The van der Waals surface area contributed by atoms with Crippen molar-refractivity contribution in [3.63, 3.8) is 0 Å². The molecule has 9 atom stereocenters. The number of aliphatic carboxylic acids is 1. The molecule has 0 saturated carbocycles. The van der Waals surface area contributed by atoms with Gasteiger partial charge in [0.05, 0.1) is 18.2 Å². The molecular weight excluding hydrogens is 620 g/mol. The van der Waals surface area contributed by atoms with Gasteiger partial charge < -0.3 is 69.6 Å². The number of aromatic hydroxyl groups is 3. The Kier molecular flexibility index (Phi) is 9.75. The lowest BCUT2D eigenvalue weighted by Gasteiger charge is -2.44. The monoisotopic (exact) mass is 651 g/mol. The lowest BCUT2D eigenvalue weighted by atomic mass is 9.98. The second kappa shape index (κ2) is 13.6. The maximum atomic E-state index is 11.9. The van der Waals surface area contributed by atoms with Gasteiger partial charge in [-0.1, -0.05) is 0 Å². The molecular formula is C29H31O17+. The Morgan fingerprint density at radius 3 is 2.28 bits per heavy atom. The van der Waals surface area contributed by atoms with Crippen molar-refractivity contribution in [2.45, 2.75) is 61.7 Å². The van der Waals surface area contributed by atoms with Crippen molar-refractivity contribution in [1.29, 1.82) is 0 Å². The molecule has 2 aliphatic rings. The van der Waals surface area contributed by atoms with E-state index in [4.69, 9.17) is 33.2 Å². The van der Waals surface area contributed by atoms with Gasteiger partial charge in [0.15, 0.2) is 12.4 Å². The lowest BCUT2D eigenvalue weighted by Crippen LogP contribution is -2.64. The second-order valence-corrected chi connectivity index (χ2v) is 10.6. The maximum absolute atomic E-state index is 11.9. The molecule has 0 aliphatic carbocycles. The average Bonchev–Trinajstić information content (AvgIpc) is 3.00. The maximum Gasteiger partial charge on any atom is 0.402 e. The Balaban J connectivity index is 1.53. The van der Waals surface area contributed by atoms with Crippen LogP contribution in [0.2, 0.25) is 0 Å². The number of fused-ring (bicyclic) bond motifs is 1. The van der Waals surface area contributed by atoms with Crippen LogP contribution in [-0.2, 0) is 28.5 Å². The van der Waals surface area contributed by atoms with Crippen molar-refractivity contribution >= 4 is 22.9 Å². The molecule has 2 aliphatic heterocycles. The predicted molar refractivity (Wildman–Crippen MR) is 148 cm³/mol. The normalized spacial score (nSPS) is 29.7. The third kappa shape index (κ3) is 7.06. The fraction of sp³-hybridized carbons (Fsp3) is 0.414. The molecule has 17 heteroatoms. The molecule has 9 N–H and O–H groups in total. The van der Waals surface area contributed by atoms with Gasteiger partial charge >= 0.3 is 23.3 Å². The van der Waals surface area contributed by atoms with Gasteiger partial charge in [0.25, 0.3) is 0 Å². The Morgan fingerprint density at radius 2 is 1.59 bits per heavy atom. The molecule has 0 bridgehead atoms. The van der Waals surface area contributed by atoms with Gasteiger partial charge in [-0.15, -0.1) is 0 Å². The van der Waals surface area contributed by atoms with Gasteiger partial charge in [0.1, 0.15) is 72.3 Å². The van der Waals surface area contributed by atoms with E-state index in [0.717, 1.165) is 6.07 Å². The highest BCUT2D eigenvalue weighted by molar-refractivity contribution is 5.90. The Hall–Kier alpha value is -4.33. The molecule has 0 radical (unpaired) electrons. The van der Waals surface area contributed by atoms with E-state index in [9.17, 15) is 50.4 Å². The number of phenolic OH excluding ortho intramolecular Hbond substituents is 3. The molecule has 5 rings (SSSR count). The summed E-state index contributed by atoms with van der Waals surface area (Å²) in [6.07, 6.45) is -16.4. The van der Waals surface area contributed by atoms with Crippen molar-refractivity contribution in [2.75, 3.05) is 13.2 Å². The van der Waals surface area contributed by atoms with Gasteiger partial charge in [-0.2, -0.15) is 0 Å². The number of aliphatic hydroxyl groups excluding tert-OH is 5. The summed E-state index contributed by atoms with van der Waals surface area (Å²) in [5, 5.41) is 91.5. The zero-order valence-electron chi connectivity index (χ0n) is 23.6. The molecule has 3 heterocycles. The van der Waals surface area contributed by atoms with Crippen LogP contribution in [0.1, 0.15) is 6.42 Å². The van der Waals surface area contributed by atoms with Crippen LogP contribution in [0.5, 0.6) is 23.0 Å². The standard InChI is InChI=1S/C29H30O17/c30-12-3-1-11(2-4-12)26-18(7-14-15(32)5-13(31)6-17(14)43-26)44-29-27(46-28-25(40)22(37)16(33)9-42-28)24(39)23(38)19(45-29)10-41-21(36)8-20(34)35/h1-7,16,19,22-25,27-29,33,37-40H,8-10H2,(H3-,30,31,32,34,35)/p+1/t16-,19-,22+,23+,24+,25-,27-,28+,29-/m1/s1. The van der Waals surface area contributed by atoms with Crippen LogP contribution in [0.25, 0.3) is 22.3 Å². The van der Waals surface area contributed by atoms with Gasteiger partial charge in [-0.05, 0) is 24.3 Å². The lowest BCUT2D eigenvalue weighted by molar-refractivity contribution is -0.345. The van der Waals surface area contributed by atoms with Gasteiger partial charge in [0.2, 0.25) is 12.0 Å². The summed E-state index contributed by atoms with van der Waals surface area (Å²) in [7, 11) is 0. The number of aliphatic hydroxyl groups is 5. The Bertz CT molecular complexity index is 1560. The van der Waals surface area contributed by atoms with E-state index >= 15 is 0 Å². The minimum Gasteiger partial charge on any atom is -0.508 e. The van der Waals surface area contributed by atoms with E-state index in [1.54, 1.807) is 0 Å². The summed E-state index contributed by atoms with van der Waals surface area (Å²) in [6.45, 7) is -1.21. The first-order chi connectivity index (χ1) is 21.8. The van der Waals surface area contributed by atoms with E-state index in [1.165, 1.54) is 36.4 Å². The summed E-state index contributed by atoms with van der Waals surface area (Å²) in [5.41, 5.74) is 0.323. The number of ether oxygens (including phenoxy) is 5. The summed E-state index contributed by atoms with van der Waals surface area (Å²) >= 11 is 0. The number of carbonyl (C=O) groups excluding carboxylic acids is 1. The van der Waals surface area contributed by atoms with E-state index in [1.807, 2.05) is 0 Å². The highest BCUT2D eigenvalue weighted by atomic mass is 16.8. The van der Waals surface area contributed by atoms with Crippen LogP contribution in [0.3, 0.4) is 0 Å². The number of hydrogen-bond donors (Lipinski definition) is 9. The molecule has 248 valence electrons. The molecule has 2 fully saturated rings. The molecule has 0 amide bonds. The van der Waals surface area contributed by atoms with Crippen molar-refractivity contribution in [1.82, 2.24) is 0 Å².